The highest BCUT2D eigenvalue weighted by molar-refractivity contribution is 8.01. The van der Waals surface area contributed by atoms with Crippen molar-refractivity contribution in [3.8, 4) is 0 Å². The summed E-state index contributed by atoms with van der Waals surface area (Å²) in [5, 5.41) is 11.7. The fourth-order valence-corrected chi connectivity index (χ4v) is 4.44. The van der Waals surface area contributed by atoms with E-state index in [1.54, 1.807) is 16.7 Å². The molecule has 0 bridgehead atoms. The number of amides is 2. The molecule has 1 aromatic heterocycles. The molecule has 0 radical (unpaired) electrons. The average molecular weight is 362 g/mol. The van der Waals surface area contributed by atoms with Crippen LogP contribution in [0.5, 0.6) is 0 Å². The third kappa shape index (κ3) is 3.93. The molecular formula is C16H18N4O2S2. The number of thioether (sulfide) groups is 1. The summed E-state index contributed by atoms with van der Waals surface area (Å²) in [4.78, 5) is 26.3. The molecule has 1 N–H and O–H groups in total. The van der Waals surface area contributed by atoms with Gasteiger partial charge in [-0.05, 0) is 12.1 Å². The summed E-state index contributed by atoms with van der Waals surface area (Å²) in [6.07, 6.45) is 0.215. The van der Waals surface area contributed by atoms with Crippen LogP contribution in [-0.2, 0) is 9.59 Å². The fraction of sp³-hybridized carbons (Fsp3) is 0.375. The zero-order valence-electron chi connectivity index (χ0n) is 13.4. The Morgan fingerprint density at radius 1 is 1.33 bits per heavy atom. The number of benzene rings is 1. The molecule has 3 rings (SSSR count). The highest BCUT2D eigenvalue weighted by Gasteiger charge is 2.35. The van der Waals surface area contributed by atoms with Crippen LogP contribution in [0.15, 0.2) is 34.7 Å². The number of nitrogens with one attached hydrogen (secondary N) is 1. The van der Waals surface area contributed by atoms with Crippen LogP contribution in [0, 0.1) is 5.92 Å². The number of carbonyl (C=O) groups is 2. The van der Waals surface area contributed by atoms with Crippen LogP contribution < -0.4 is 10.2 Å². The Hall–Kier alpha value is -1.93. The van der Waals surface area contributed by atoms with Gasteiger partial charge in [0.25, 0.3) is 0 Å². The van der Waals surface area contributed by atoms with Crippen molar-refractivity contribution in [2.45, 2.75) is 29.9 Å². The number of hydrogen-bond acceptors (Lipinski definition) is 6. The van der Waals surface area contributed by atoms with E-state index in [4.69, 9.17) is 0 Å². The molecule has 1 aliphatic rings. The molecule has 1 saturated heterocycles. The van der Waals surface area contributed by atoms with Crippen molar-refractivity contribution in [1.29, 1.82) is 0 Å². The van der Waals surface area contributed by atoms with E-state index in [-0.39, 0.29) is 24.2 Å². The van der Waals surface area contributed by atoms with Crippen LogP contribution in [0.1, 0.15) is 20.3 Å². The highest BCUT2D eigenvalue weighted by Crippen LogP contribution is 2.30. The molecule has 24 heavy (non-hydrogen) atoms. The lowest BCUT2D eigenvalue weighted by atomic mass is 10.1. The third-order valence-electron chi connectivity index (χ3n) is 3.54. The van der Waals surface area contributed by atoms with Crippen molar-refractivity contribution < 1.29 is 9.59 Å². The van der Waals surface area contributed by atoms with Gasteiger partial charge in [-0.1, -0.05) is 55.1 Å². The lowest BCUT2D eigenvalue weighted by Crippen LogP contribution is -2.28. The van der Waals surface area contributed by atoms with Crippen molar-refractivity contribution in [2.75, 3.05) is 16.8 Å². The molecule has 126 valence electrons. The van der Waals surface area contributed by atoms with Crippen molar-refractivity contribution in [1.82, 2.24) is 10.2 Å². The minimum Gasteiger partial charge on any atom is -0.312 e. The van der Waals surface area contributed by atoms with Gasteiger partial charge in [0, 0.05) is 23.9 Å². The Kier molecular flexibility index (Phi) is 5.15. The van der Waals surface area contributed by atoms with Crippen LogP contribution >= 0.6 is 23.1 Å². The first-order chi connectivity index (χ1) is 11.5. The molecule has 1 aliphatic heterocycles. The minimum atomic E-state index is -0.372. The lowest BCUT2D eigenvalue weighted by Gasteiger charge is -2.16. The zero-order chi connectivity index (χ0) is 17.1. The van der Waals surface area contributed by atoms with E-state index >= 15 is 0 Å². The Bertz CT molecular complexity index is 733. The van der Waals surface area contributed by atoms with E-state index in [2.05, 4.69) is 29.4 Å². The molecule has 6 nitrogen and oxygen atoms in total. The predicted molar refractivity (Wildman–Crippen MR) is 96.4 cm³/mol. The van der Waals surface area contributed by atoms with Gasteiger partial charge >= 0.3 is 0 Å². The van der Waals surface area contributed by atoms with Crippen molar-refractivity contribution in [3.63, 3.8) is 0 Å². The van der Waals surface area contributed by atoms with E-state index in [1.807, 2.05) is 30.3 Å². The van der Waals surface area contributed by atoms with Crippen LogP contribution in [-0.4, -0.2) is 33.8 Å². The predicted octanol–water partition coefficient (Wildman–Crippen LogP) is 3.03. The Balaban J connectivity index is 1.62. The first kappa shape index (κ1) is 16.9. The largest absolute Gasteiger partial charge is 0.312 e. The number of aromatic nitrogens is 2. The maximum atomic E-state index is 12.4. The maximum absolute atomic E-state index is 12.4. The molecule has 2 heterocycles. The summed E-state index contributed by atoms with van der Waals surface area (Å²) in [5.41, 5.74) is 0.823. The SMILES string of the molecule is CC(C)Sc1nnc(NC(=O)[C@H]2CC(=O)N(c3ccccc3)C2)s1. The molecule has 2 amide bonds. The first-order valence-corrected chi connectivity index (χ1v) is 9.39. The molecule has 0 saturated carbocycles. The normalized spacial score (nSPS) is 17.5. The van der Waals surface area contributed by atoms with Gasteiger partial charge in [0.2, 0.25) is 16.9 Å². The van der Waals surface area contributed by atoms with Crippen LogP contribution in [0.3, 0.4) is 0 Å². The number of para-hydroxylation sites is 1. The van der Waals surface area contributed by atoms with Gasteiger partial charge in [-0.25, -0.2) is 0 Å². The third-order valence-corrected chi connectivity index (χ3v) is 5.46. The molecule has 2 aromatic rings. The van der Waals surface area contributed by atoms with Gasteiger partial charge in [0.05, 0.1) is 5.92 Å². The monoisotopic (exact) mass is 362 g/mol. The topological polar surface area (TPSA) is 75.2 Å². The maximum Gasteiger partial charge on any atom is 0.231 e. The summed E-state index contributed by atoms with van der Waals surface area (Å²) in [7, 11) is 0. The summed E-state index contributed by atoms with van der Waals surface area (Å²) in [6, 6.07) is 9.41. The van der Waals surface area contributed by atoms with E-state index in [9.17, 15) is 9.59 Å². The van der Waals surface area contributed by atoms with E-state index < -0.39 is 0 Å². The van der Waals surface area contributed by atoms with Crippen LogP contribution in [0.25, 0.3) is 0 Å². The van der Waals surface area contributed by atoms with Crippen molar-refractivity contribution in [2.24, 2.45) is 5.92 Å². The number of hydrogen-bond donors (Lipinski definition) is 1. The van der Waals surface area contributed by atoms with E-state index in [1.165, 1.54) is 11.3 Å². The second-order valence-corrected chi connectivity index (χ2v) is 8.57. The van der Waals surface area contributed by atoms with Gasteiger partial charge in [-0.2, -0.15) is 0 Å². The molecule has 0 aliphatic carbocycles. The molecule has 0 spiro atoms. The van der Waals surface area contributed by atoms with Gasteiger partial charge in [-0.15, -0.1) is 10.2 Å². The van der Waals surface area contributed by atoms with E-state index in [0.717, 1.165) is 10.0 Å². The molecule has 1 aromatic carbocycles. The van der Waals surface area contributed by atoms with Gasteiger partial charge in [-0.3, -0.25) is 9.59 Å². The molecule has 8 heteroatoms. The van der Waals surface area contributed by atoms with Gasteiger partial charge in [0.15, 0.2) is 4.34 Å². The summed E-state index contributed by atoms with van der Waals surface area (Å²) in [5.74, 6) is -0.587. The quantitative estimate of drug-likeness (QED) is 0.654. The molecular weight excluding hydrogens is 344 g/mol. The summed E-state index contributed by atoms with van der Waals surface area (Å²) < 4.78 is 0.828. The second kappa shape index (κ2) is 7.31. The fourth-order valence-electron chi connectivity index (χ4n) is 2.46. The second-order valence-electron chi connectivity index (χ2n) is 5.77. The van der Waals surface area contributed by atoms with Crippen LogP contribution in [0.4, 0.5) is 10.8 Å². The minimum absolute atomic E-state index is 0.0327. The number of carbonyl (C=O) groups excluding carboxylic acids is 2. The number of rotatable bonds is 5. The average Bonchev–Trinajstić information content (AvgIpc) is 3.14. The first-order valence-electron chi connectivity index (χ1n) is 7.69. The molecule has 0 unspecified atom stereocenters. The van der Waals surface area contributed by atoms with Crippen molar-refractivity contribution in [3.05, 3.63) is 30.3 Å². The molecule has 1 atom stereocenters. The summed E-state index contributed by atoms with van der Waals surface area (Å²) in [6.45, 7) is 4.54. The molecule has 1 fully saturated rings. The standard InChI is InChI=1S/C16H18N4O2S2/c1-10(2)23-16-19-18-15(24-16)17-14(22)11-8-13(21)20(9-11)12-6-4-3-5-7-12/h3-7,10-11H,8-9H2,1-2H3,(H,17,18,22)/t11-/m0/s1. The van der Waals surface area contributed by atoms with Crippen molar-refractivity contribution >= 4 is 45.7 Å². The van der Waals surface area contributed by atoms with Crippen LogP contribution in [0.2, 0.25) is 0 Å². The van der Waals surface area contributed by atoms with E-state index in [0.29, 0.717) is 16.9 Å². The number of nitrogens with zero attached hydrogens (tertiary/aromatic N) is 3. The number of anilines is 2. The Labute approximate surface area is 148 Å². The Morgan fingerprint density at radius 3 is 2.79 bits per heavy atom. The zero-order valence-corrected chi connectivity index (χ0v) is 15.1. The summed E-state index contributed by atoms with van der Waals surface area (Å²) >= 11 is 2.96. The van der Waals surface area contributed by atoms with Gasteiger partial charge in [0.1, 0.15) is 0 Å². The Morgan fingerprint density at radius 2 is 2.08 bits per heavy atom. The lowest BCUT2D eigenvalue weighted by molar-refractivity contribution is -0.122. The highest BCUT2D eigenvalue weighted by atomic mass is 32.2. The van der Waals surface area contributed by atoms with Gasteiger partial charge < -0.3 is 10.2 Å². The smallest absolute Gasteiger partial charge is 0.231 e.